The molecule has 16 aromatic rings. The van der Waals surface area contributed by atoms with Gasteiger partial charge in [-0.2, -0.15) is 51.8 Å². The number of benzene rings is 8. The fourth-order valence-corrected chi connectivity index (χ4v) is 12.4. The average molecular weight is 1750 g/mol. The first kappa shape index (κ1) is 88.7. The minimum Gasteiger partial charge on any atom is -0.353 e. The number of halogens is 6. The number of anilines is 8. The van der Waals surface area contributed by atoms with Gasteiger partial charge in [0.05, 0.1) is 57.4 Å². The van der Waals surface area contributed by atoms with E-state index in [4.69, 9.17) is 11.6 Å². The van der Waals surface area contributed by atoms with Gasteiger partial charge in [0, 0.05) is 71.0 Å². The van der Waals surface area contributed by atoms with Crippen molar-refractivity contribution in [1.82, 2.24) is 79.0 Å². The summed E-state index contributed by atoms with van der Waals surface area (Å²) >= 11 is 5.99. The number of nitrogens with one attached hydrogen (secondary N) is 8. The highest BCUT2D eigenvalue weighted by molar-refractivity contribution is 6.30. The highest BCUT2D eigenvalue weighted by Crippen LogP contribution is 2.32. The number of aromatic nitrogens is 16. The largest absolute Gasteiger partial charge is 0.416 e. The molecule has 8 N–H and O–H groups in total. The smallest absolute Gasteiger partial charge is 0.353 e. The van der Waals surface area contributed by atoms with Crippen LogP contribution in [0.5, 0.6) is 0 Å². The Labute approximate surface area is 731 Å². The summed E-state index contributed by atoms with van der Waals surface area (Å²) in [5.74, 6) is -4.63. The monoisotopic (exact) mass is 1740 g/mol. The summed E-state index contributed by atoms with van der Waals surface area (Å²) in [7, 11) is 0. The number of para-hydroxylation sites is 2. The maximum atomic E-state index is 14.2. The Hall–Kier alpha value is -17.1. The Morgan fingerprint density at radius 3 is 1.09 bits per heavy atom. The summed E-state index contributed by atoms with van der Waals surface area (Å²) in [6.07, 6.45) is 6.80. The Morgan fingerprint density at radius 1 is 0.328 bits per heavy atom. The van der Waals surface area contributed by atoms with Crippen LogP contribution in [-0.2, 0) is 12.6 Å². The third-order valence-corrected chi connectivity index (χ3v) is 19.0. The molecule has 128 heavy (non-hydrogen) atoms. The maximum Gasteiger partial charge on any atom is 0.416 e. The van der Waals surface area contributed by atoms with Gasteiger partial charge in [-0.1, -0.05) is 133 Å². The van der Waals surface area contributed by atoms with Crippen LogP contribution in [0.2, 0.25) is 5.02 Å². The SMILES string of the molecule is Cc1ccccc1C(=O)Nc1nc(NC(=O)c2cccnc2)nn1-c1ccc(C(F)(F)F)cc1.Cc1ccccc1C(=O)Nc1nc(NC(=O)c2ccncc2)nn1-c1ccc(Cl)cc1.Cc1ccccc1C(=O)Nc1nc(NCCc2ccccc2)nn1-c1ccccc1.Cc1cncc(F)c1C(=O)Nc1nc(NC(=O)c2c(C)cncc2F)n(-c2ccccc2)n1. The molecule has 7 amide bonds. The van der Waals surface area contributed by atoms with Gasteiger partial charge < -0.3 is 5.32 Å². The van der Waals surface area contributed by atoms with Crippen molar-refractivity contribution < 1.29 is 55.5 Å². The normalized spacial score (nSPS) is 10.7. The maximum absolute atomic E-state index is 14.2. The standard InChI is InChI=1S/C24H23N5O.C23H17F3N6O2.C22H17ClN6O2.C22H17F2N7O2/c1-18-10-8-9-15-21(18)22(30)26-24-27-23(25-17-16-19-11-4-2-5-12-19)28-29(24)20-13-6-3-7-14-20;1-14-5-2-3-7-18(14)20(34)29-22-30-21(28-19(33)15-6-4-12-27-13-15)31-32(22)17-10-8-16(9-11-17)23(24,25)26;1-14-4-2-3-5-18(14)20(31)26-22-27-21(25-19(30)15-10-12-24-13-11-15)28-29(22)17-8-6-16(23)7-9-17;1-12-8-25-10-15(23)17(12)19(32)27-21-29-22(31(30-21)14-6-4-3-5-7-14)28-20(33)18-13(2)9-26-11-16(18)24/h2-15H,16-17H2,1H3,(H2,25,26,27,28,30);2-13H,1H3,(H2,28,29,30,31,33,34);2-13H,1H3,(H2,25,26,27,28,30,31);3-11H,1-2H3,(H2,27,28,29,30,32,33). The number of alkyl halides is 3. The van der Waals surface area contributed by atoms with E-state index in [0.717, 1.165) is 52.4 Å². The van der Waals surface area contributed by atoms with Crippen molar-refractivity contribution in [3.8, 4) is 22.7 Å². The summed E-state index contributed by atoms with van der Waals surface area (Å²) < 4.78 is 72.7. The van der Waals surface area contributed by atoms with E-state index in [-0.39, 0.29) is 69.9 Å². The molecule has 8 aromatic heterocycles. The van der Waals surface area contributed by atoms with Gasteiger partial charge in [-0.05, 0) is 190 Å². The molecule has 37 heteroatoms. The Kier molecular flexibility index (Phi) is 28.6. The number of rotatable bonds is 22. The molecule has 0 saturated carbocycles. The zero-order chi connectivity index (χ0) is 90.4. The zero-order valence-corrected chi connectivity index (χ0v) is 69.1. The van der Waals surface area contributed by atoms with Gasteiger partial charge in [-0.3, -0.25) is 90.7 Å². The lowest BCUT2D eigenvalue weighted by molar-refractivity contribution is -0.137. The first-order valence-corrected chi connectivity index (χ1v) is 39.2. The van der Waals surface area contributed by atoms with Gasteiger partial charge >= 0.3 is 6.18 Å². The quantitative estimate of drug-likeness (QED) is 0.0292. The highest BCUT2D eigenvalue weighted by atomic mass is 35.5. The molecule has 8 heterocycles. The van der Waals surface area contributed by atoms with E-state index >= 15 is 0 Å². The van der Waals surface area contributed by atoms with Crippen LogP contribution < -0.4 is 42.5 Å². The average Bonchev–Trinajstić information content (AvgIpc) is 1.70. The fourth-order valence-electron chi connectivity index (χ4n) is 12.3. The number of carbonyl (C=O) groups excluding carboxylic acids is 7. The third kappa shape index (κ3) is 22.8. The number of nitrogens with zero attached hydrogens (tertiary/aromatic N) is 16. The van der Waals surface area contributed by atoms with E-state index in [0.29, 0.717) is 73.8 Å². The zero-order valence-electron chi connectivity index (χ0n) is 68.3. The lowest BCUT2D eigenvalue weighted by Crippen LogP contribution is -2.18. The topological polar surface area (TPSA) is 390 Å². The van der Waals surface area contributed by atoms with Crippen LogP contribution in [0.1, 0.15) is 111 Å². The fraction of sp³-hybridized carbons (Fsp3) is 0.0879. The van der Waals surface area contributed by atoms with Gasteiger partial charge in [0.2, 0.25) is 29.7 Å². The van der Waals surface area contributed by atoms with Crippen molar-refractivity contribution in [3.63, 3.8) is 0 Å². The Bertz CT molecular complexity index is 6610. The summed E-state index contributed by atoms with van der Waals surface area (Å²) in [6, 6.07) is 67.3. The molecule has 31 nitrogen and oxygen atoms in total. The molecule has 8 aromatic carbocycles. The molecular weight excluding hydrogens is 1670 g/mol. The van der Waals surface area contributed by atoms with E-state index in [9.17, 15) is 55.5 Å². The van der Waals surface area contributed by atoms with Crippen molar-refractivity contribution in [2.45, 2.75) is 47.2 Å². The molecule has 0 aliphatic carbocycles. The molecule has 0 unspecified atom stereocenters. The molecular formula is C91H74ClF5N24O7. The van der Waals surface area contributed by atoms with E-state index in [1.807, 2.05) is 92.7 Å². The van der Waals surface area contributed by atoms with Gasteiger partial charge in [0.1, 0.15) is 0 Å². The van der Waals surface area contributed by atoms with Crippen molar-refractivity contribution in [2.75, 3.05) is 49.1 Å². The summed E-state index contributed by atoms with van der Waals surface area (Å²) in [4.78, 5) is 121. The van der Waals surface area contributed by atoms with Gasteiger partial charge in [-0.25, -0.2) is 8.78 Å². The second-order valence-corrected chi connectivity index (χ2v) is 28.2. The van der Waals surface area contributed by atoms with Crippen LogP contribution in [0, 0.1) is 46.3 Å². The van der Waals surface area contributed by atoms with Crippen LogP contribution in [0.15, 0.2) is 286 Å². The predicted molar refractivity (Wildman–Crippen MR) is 470 cm³/mol. The number of aryl methyl sites for hydroxylation is 5. The molecule has 0 aliphatic heterocycles. The Morgan fingerprint density at radius 2 is 0.688 bits per heavy atom. The minimum atomic E-state index is -4.51. The second kappa shape index (κ2) is 41.2. The van der Waals surface area contributed by atoms with E-state index in [1.165, 1.54) is 77.2 Å². The molecule has 16 rings (SSSR count). The number of pyridine rings is 4. The van der Waals surface area contributed by atoms with E-state index in [2.05, 4.69) is 115 Å². The number of amides is 7. The van der Waals surface area contributed by atoms with E-state index in [1.54, 1.807) is 134 Å². The van der Waals surface area contributed by atoms with Crippen LogP contribution in [0.4, 0.5) is 69.5 Å². The molecule has 0 fully saturated rings. The van der Waals surface area contributed by atoms with Gasteiger partial charge in [0.15, 0.2) is 11.6 Å². The van der Waals surface area contributed by atoms with E-state index < -0.39 is 52.9 Å². The third-order valence-electron chi connectivity index (χ3n) is 18.7. The first-order chi connectivity index (χ1) is 61.8. The van der Waals surface area contributed by atoms with Gasteiger partial charge in [0.25, 0.3) is 59.2 Å². The molecule has 642 valence electrons. The van der Waals surface area contributed by atoms with Crippen LogP contribution in [-0.4, -0.2) is 127 Å². The molecule has 0 atom stereocenters. The molecule has 0 spiro atoms. The number of carbonyl (C=O) groups is 7. The summed E-state index contributed by atoms with van der Waals surface area (Å²) in [6.45, 7) is 9.29. The van der Waals surface area contributed by atoms with Crippen molar-refractivity contribution in [2.24, 2.45) is 0 Å². The minimum absolute atomic E-state index is 0.0387. The van der Waals surface area contributed by atoms with Crippen LogP contribution in [0.3, 0.4) is 0 Å². The first-order valence-electron chi connectivity index (χ1n) is 38.9. The summed E-state index contributed by atoms with van der Waals surface area (Å²) in [5, 5.41) is 39.4. The predicted octanol–water partition coefficient (Wildman–Crippen LogP) is 16.6. The van der Waals surface area contributed by atoms with Crippen LogP contribution >= 0.6 is 11.6 Å². The van der Waals surface area contributed by atoms with Crippen LogP contribution in [0.25, 0.3) is 22.7 Å². The second-order valence-electron chi connectivity index (χ2n) is 27.8. The molecule has 0 saturated heterocycles. The van der Waals surface area contributed by atoms with Crippen molar-refractivity contribution in [3.05, 3.63) is 381 Å². The summed E-state index contributed by atoms with van der Waals surface area (Å²) in [5.41, 5.74) is 7.38. The lowest BCUT2D eigenvalue weighted by atomic mass is 10.1. The van der Waals surface area contributed by atoms with Gasteiger partial charge in [-0.15, -0.1) is 20.4 Å². The lowest BCUT2D eigenvalue weighted by Gasteiger charge is -2.10. The highest BCUT2D eigenvalue weighted by Gasteiger charge is 2.31. The van der Waals surface area contributed by atoms with Crippen molar-refractivity contribution in [1.29, 1.82) is 0 Å². The number of hydrogen-bond acceptors (Lipinski definition) is 20. The molecule has 0 aliphatic rings. The molecule has 0 radical (unpaired) electrons. The Balaban J connectivity index is 0.000000146. The number of hydrogen-bond donors (Lipinski definition) is 8. The van der Waals surface area contributed by atoms with Crippen molar-refractivity contribution >= 4 is 101 Å². The molecule has 0 bridgehead atoms.